The third kappa shape index (κ3) is 1.79. The van der Waals surface area contributed by atoms with Crippen molar-refractivity contribution < 1.29 is 4.58 Å². The van der Waals surface area contributed by atoms with Gasteiger partial charge in [-0.05, 0) is 43.3 Å². The molecule has 1 heteroatoms. The summed E-state index contributed by atoms with van der Waals surface area (Å²) < 4.78 is 2.64. The Morgan fingerprint density at radius 2 is 1.90 bits per heavy atom. The average Bonchev–Trinajstić information content (AvgIpc) is 2.85. The first-order valence-electron chi connectivity index (χ1n) is 8.17. The van der Waals surface area contributed by atoms with Crippen molar-refractivity contribution in [2.75, 3.05) is 13.1 Å². The largest absolute Gasteiger partial charge is 0.225 e. The third-order valence-corrected chi connectivity index (χ3v) is 5.34. The van der Waals surface area contributed by atoms with Crippen LogP contribution in [0.3, 0.4) is 0 Å². The summed E-state index contributed by atoms with van der Waals surface area (Å²) in [6.45, 7) is 7.10. The second-order valence-electron chi connectivity index (χ2n) is 6.87. The van der Waals surface area contributed by atoms with Crippen molar-refractivity contribution in [3.05, 3.63) is 46.1 Å². The van der Waals surface area contributed by atoms with Crippen molar-refractivity contribution in [1.82, 2.24) is 0 Å². The zero-order valence-corrected chi connectivity index (χ0v) is 12.7. The molecule has 0 radical (unpaired) electrons. The van der Waals surface area contributed by atoms with Gasteiger partial charge in [0.2, 0.25) is 5.71 Å². The monoisotopic (exact) mass is 266 g/mol. The maximum Gasteiger partial charge on any atom is 0.214 e. The van der Waals surface area contributed by atoms with Gasteiger partial charge in [0.25, 0.3) is 0 Å². The topological polar surface area (TPSA) is 3.01 Å². The van der Waals surface area contributed by atoms with E-state index in [0.717, 1.165) is 0 Å². The molecule has 0 bridgehead atoms. The second kappa shape index (κ2) is 4.58. The smallest absolute Gasteiger partial charge is 0.214 e. The molecule has 104 valence electrons. The highest BCUT2D eigenvalue weighted by Crippen LogP contribution is 2.38. The summed E-state index contributed by atoms with van der Waals surface area (Å²) in [5, 5.41) is 0. The van der Waals surface area contributed by atoms with Gasteiger partial charge in [0.15, 0.2) is 6.54 Å². The molecule has 0 aromatic rings. The minimum absolute atomic E-state index is 0.691. The quantitative estimate of drug-likeness (QED) is 0.626. The van der Waals surface area contributed by atoms with Crippen LogP contribution >= 0.6 is 0 Å². The molecule has 0 saturated carbocycles. The Labute approximate surface area is 122 Å². The van der Waals surface area contributed by atoms with Crippen molar-refractivity contribution >= 4 is 5.71 Å². The lowest BCUT2D eigenvalue weighted by Crippen LogP contribution is -2.27. The molecule has 2 heterocycles. The van der Waals surface area contributed by atoms with Crippen LogP contribution < -0.4 is 0 Å². The van der Waals surface area contributed by atoms with Crippen LogP contribution in [0.5, 0.6) is 0 Å². The van der Waals surface area contributed by atoms with E-state index >= 15 is 0 Å². The van der Waals surface area contributed by atoms with Crippen molar-refractivity contribution in [3.8, 4) is 0 Å². The lowest BCUT2D eigenvalue weighted by molar-refractivity contribution is -0.516. The maximum atomic E-state index is 2.64. The van der Waals surface area contributed by atoms with E-state index < -0.39 is 0 Å². The van der Waals surface area contributed by atoms with Gasteiger partial charge in [-0.1, -0.05) is 31.6 Å². The Bertz CT molecular complexity index is 620. The van der Waals surface area contributed by atoms with E-state index in [1.54, 1.807) is 33.6 Å². The van der Waals surface area contributed by atoms with Crippen molar-refractivity contribution in [2.45, 2.75) is 46.0 Å². The highest BCUT2D eigenvalue weighted by atomic mass is 15.0. The van der Waals surface area contributed by atoms with E-state index in [9.17, 15) is 0 Å². The minimum atomic E-state index is 0.691. The lowest BCUT2D eigenvalue weighted by atomic mass is 9.81. The molecule has 1 nitrogen and oxygen atoms in total. The first-order valence-corrected chi connectivity index (χ1v) is 8.17. The fraction of sp³-hybridized carbons (Fsp3) is 0.526. The number of allylic oxidation sites excluding steroid dienone is 6. The van der Waals surface area contributed by atoms with Gasteiger partial charge >= 0.3 is 0 Å². The molecule has 0 N–H and O–H groups in total. The molecule has 0 aromatic heterocycles. The fourth-order valence-electron chi connectivity index (χ4n) is 4.12. The SMILES string of the molecule is CC(C)C1=CC2=C(CC1)CC[N+]1=C2C2=C(CCC=C2)C1. The molecule has 0 saturated heterocycles. The highest BCUT2D eigenvalue weighted by molar-refractivity contribution is 6.15. The summed E-state index contributed by atoms with van der Waals surface area (Å²) in [4.78, 5) is 0. The average molecular weight is 266 g/mol. The van der Waals surface area contributed by atoms with Gasteiger partial charge in [0.1, 0.15) is 6.54 Å². The lowest BCUT2D eigenvalue weighted by Gasteiger charge is -2.24. The molecule has 0 unspecified atom stereocenters. The fourth-order valence-corrected chi connectivity index (χ4v) is 4.12. The van der Waals surface area contributed by atoms with Gasteiger partial charge in [-0.15, -0.1) is 0 Å². The summed E-state index contributed by atoms with van der Waals surface area (Å²) in [7, 11) is 0. The van der Waals surface area contributed by atoms with Crippen LogP contribution in [0.2, 0.25) is 0 Å². The van der Waals surface area contributed by atoms with Gasteiger partial charge in [-0.25, -0.2) is 4.58 Å². The zero-order chi connectivity index (χ0) is 13.7. The molecule has 0 amide bonds. The molecular weight excluding hydrogens is 242 g/mol. The molecule has 4 rings (SSSR count). The van der Waals surface area contributed by atoms with Gasteiger partial charge in [0.05, 0.1) is 5.57 Å². The number of nitrogens with zero attached hydrogens (tertiary/aromatic N) is 1. The zero-order valence-electron chi connectivity index (χ0n) is 12.7. The van der Waals surface area contributed by atoms with E-state index in [2.05, 4.69) is 36.7 Å². The first kappa shape index (κ1) is 12.4. The van der Waals surface area contributed by atoms with Crippen LogP contribution in [0.1, 0.15) is 46.0 Å². The number of fused-ring (bicyclic) bond motifs is 2. The van der Waals surface area contributed by atoms with Crippen LogP contribution in [-0.2, 0) is 0 Å². The summed E-state index contributed by atoms with van der Waals surface area (Å²) >= 11 is 0. The Balaban J connectivity index is 1.81. The summed E-state index contributed by atoms with van der Waals surface area (Å²) in [6, 6.07) is 0. The molecule has 2 aliphatic heterocycles. The maximum absolute atomic E-state index is 2.64. The normalized spacial score (nSPS) is 25.1. The van der Waals surface area contributed by atoms with Crippen molar-refractivity contribution in [1.29, 1.82) is 0 Å². The Morgan fingerprint density at radius 1 is 1.00 bits per heavy atom. The molecule has 2 aliphatic carbocycles. The molecule has 0 atom stereocenters. The standard InChI is InChI=1S/C19H24N/c1-13(2)15-8-7-14-9-10-20-12-16-5-3-4-6-17(16)19(20)18(14)11-15/h4,6,11,13H,3,5,7-10,12H2,1-2H3/q+1. The minimum Gasteiger partial charge on any atom is -0.225 e. The predicted molar refractivity (Wildman–Crippen MR) is 84.2 cm³/mol. The third-order valence-electron chi connectivity index (χ3n) is 5.34. The molecule has 4 aliphatic rings. The van der Waals surface area contributed by atoms with Crippen LogP contribution in [0.25, 0.3) is 0 Å². The van der Waals surface area contributed by atoms with Crippen LogP contribution in [0.4, 0.5) is 0 Å². The first-order chi connectivity index (χ1) is 9.74. The van der Waals surface area contributed by atoms with E-state index in [0.29, 0.717) is 5.92 Å². The van der Waals surface area contributed by atoms with Gasteiger partial charge in [-0.2, -0.15) is 0 Å². The molecule has 0 fully saturated rings. The summed E-state index contributed by atoms with van der Waals surface area (Å²) in [5.74, 6) is 0.691. The number of rotatable bonds is 1. The van der Waals surface area contributed by atoms with Crippen LogP contribution in [0, 0.1) is 5.92 Å². The predicted octanol–water partition coefficient (Wildman–Crippen LogP) is 4.18. The highest BCUT2D eigenvalue weighted by Gasteiger charge is 2.37. The van der Waals surface area contributed by atoms with E-state index in [-0.39, 0.29) is 0 Å². The second-order valence-corrected chi connectivity index (χ2v) is 6.87. The Morgan fingerprint density at radius 3 is 2.75 bits per heavy atom. The van der Waals surface area contributed by atoms with Crippen molar-refractivity contribution in [2.24, 2.45) is 5.92 Å². The molecule has 20 heavy (non-hydrogen) atoms. The summed E-state index contributed by atoms with van der Waals surface area (Å²) in [5.41, 5.74) is 9.75. The van der Waals surface area contributed by atoms with Crippen molar-refractivity contribution in [3.63, 3.8) is 0 Å². The number of hydrogen-bond acceptors (Lipinski definition) is 0. The van der Waals surface area contributed by atoms with Gasteiger partial charge in [0, 0.05) is 17.6 Å². The van der Waals surface area contributed by atoms with E-state index in [1.165, 1.54) is 45.2 Å². The van der Waals surface area contributed by atoms with E-state index in [1.807, 2.05) is 0 Å². The van der Waals surface area contributed by atoms with Gasteiger partial charge < -0.3 is 0 Å². The molecular formula is C19H24N+. The van der Waals surface area contributed by atoms with Crippen LogP contribution in [-0.4, -0.2) is 23.4 Å². The molecule has 0 aromatic carbocycles. The summed E-state index contributed by atoms with van der Waals surface area (Å²) in [6.07, 6.45) is 13.7. The Hall–Kier alpha value is -1.37. The Kier molecular flexibility index (Phi) is 2.83. The number of hydrogen-bond donors (Lipinski definition) is 0. The van der Waals surface area contributed by atoms with Gasteiger partial charge in [-0.3, -0.25) is 0 Å². The van der Waals surface area contributed by atoms with Crippen LogP contribution in [0.15, 0.2) is 46.1 Å². The van der Waals surface area contributed by atoms with E-state index in [4.69, 9.17) is 0 Å². The molecule has 0 spiro atoms.